The van der Waals surface area contributed by atoms with Gasteiger partial charge in [-0.05, 0) is 18.6 Å². The highest BCUT2D eigenvalue weighted by molar-refractivity contribution is 6.29. The van der Waals surface area contributed by atoms with E-state index in [1.807, 2.05) is 20.8 Å². The molecule has 0 bridgehead atoms. The topological polar surface area (TPSA) is 71.1 Å². The SMILES string of the molecule is CC(C)(C)c1cc(C(=O)NC2CCC(=O)NC2)cc(Cl)n1. The first-order valence-corrected chi connectivity index (χ1v) is 7.39. The maximum Gasteiger partial charge on any atom is 0.251 e. The number of rotatable bonds is 2. The maximum absolute atomic E-state index is 12.3. The molecule has 1 aromatic heterocycles. The first kappa shape index (κ1) is 15.8. The van der Waals surface area contributed by atoms with Gasteiger partial charge in [-0.2, -0.15) is 0 Å². The van der Waals surface area contributed by atoms with Crippen LogP contribution in [0.1, 0.15) is 49.7 Å². The molecule has 5 nitrogen and oxygen atoms in total. The number of nitrogens with one attached hydrogen (secondary N) is 2. The van der Waals surface area contributed by atoms with E-state index in [1.165, 1.54) is 0 Å². The number of nitrogens with zero attached hydrogens (tertiary/aromatic N) is 1. The van der Waals surface area contributed by atoms with Crippen molar-refractivity contribution in [1.29, 1.82) is 0 Å². The fourth-order valence-corrected chi connectivity index (χ4v) is 2.35. The monoisotopic (exact) mass is 309 g/mol. The summed E-state index contributed by atoms with van der Waals surface area (Å²) in [6.07, 6.45) is 1.10. The summed E-state index contributed by atoms with van der Waals surface area (Å²) in [5.41, 5.74) is 1.09. The lowest BCUT2D eigenvalue weighted by Gasteiger charge is -2.24. The molecular formula is C15H20ClN3O2. The number of amides is 2. The van der Waals surface area contributed by atoms with Crippen molar-refractivity contribution in [2.75, 3.05) is 6.54 Å². The number of piperidine rings is 1. The molecule has 0 radical (unpaired) electrons. The largest absolute Gasteiger partial charge is 0.354 e. The third-order valence-corrected chi connectivity index (χ3v) is 3.62. The summed E-state index contributed by atoms with van der Waals surface area (Å²) in [4.78, 5) is 27.7. The number of pyridine rings is 1. The number of aromatic nitrogens is 1. The summed E-state index contributed by atoms with van der Waals surface area (Å²) < 4.78 is 0. The molecule has 0 spiro atoms. The van der Waals surface area contributed by atoms with Gasteiger partial charge in [-0.15, -0.1) is 0 Å². The van der Waals surface area contributed by atoms with Crippen LogP contribution in [0.4, 0.5) is 0 Å². The summed E-state index contributed by atoms with van der Waals surface area (Å²) in [7, 11) is 0. The Morgan fingerprint density at radius 3 is 2.71 bits per heavy atom. The predicted octanol–water partition coefficient (Wildman–Crippen LogP) is 2.04. The van der Waals surface area contributed by atoms with Crippen molar-refractivity contribution in [3.8, 4) is 0 Å². The quantitative estimate of drug-likeness (QED) is 0.821. The zero-order valence-electron chi connectivity index (χ0n) is 12.5. The third kappa shape index (κ3) is 4.17. The van der Waals surface area contributed by atoms with Crippen LogP contribution in [0, 0.1) is 0 Å². The molecule has 1 aliphatic rings. The minimum atomic E-state index is -0.189. The van der Waals surface area contributed by atoms with Gasteiger partial charge < -0.3 is 10.6 Å². The number of halogens is 1. The Morgan fingerprint density at radius 1 is 1.43 bits per heavy atom. The van der Waals surface area contributed by atoms with Gasteiger partial charge in [-0.3, -0.25) is 9.59 Å². The second kappa shape index (κ2) is 6.02. The fraction of sp³-hybridized carbons (Fsp3) is 0.533. The number of carbonyl (C=O) groups is 2. The lowest BCUT2D eigenvalue weighted by molar-refractivity contribution is -0.122. The molecule has 0 aromatic carbocycles. The molecule has 2 amide bonds. The highest BCUT2D eigenvalue weighted by Gasteiger charge is 2.22. The van der Waals surface area contributed by atoms with Gasteiger partial charge in [0.05, 0.1) is 0 Å². The summed E-state index contributed by atoms with van der Waals surface area (Å²) in [5, 5.41) is 5.98. The minimum Gasteiger partial charge on any atom is -0.354 e. The molecule has 6 heteroatoms. The zero-order chi connectivity index (χ0) is 15.6. The Balaban J connectivity index is 2.12. The summed E-state index contributed by atoms with van der Waals surface area (Å²) in [5.74, 6) is -0.159. The van der Waals surface area contributed by atoms with E-state index in [0.717, 1.165) is 5.69 Å². The van der Waals surface area contributed by atoms with E-state index >= 15 is 0 Å². The van der Waals surface area contributed by atoms with Crippen LogP contribution in [-0.4, -0.2) is 29.4 Å². The standard InChI is InChI=1S/C15H20ClN3O2/c1-15(2,3)11-6-9(7-12(16)19-11)14(21)18-10-4-5-13(20)17-8-10/h6-7,10H,4-5,8H2,1-3H3,(H,17,20)(H,18,21). The summed E-state index contributed by atoms with van der Waals surface area (Å²) in [6.45, 7) is 6.52. The third-order valence-electron chi connectivity index (χ3n) is 3.43. The van der Waals surface area contributed by atoms with E-state index in [0.29, 0.717) is 30.1 Å². The van der Waals surface area contributed by atoms with Gasteiger partial charge in [-0.25, -0.2) is 4.98 Å². The van der Waals surface area contributed by atoms with Gasteiger partial charge in [0.2, 0.25) is 5.91 Å². The molecule has 114 valence electrons. The Hall–Kier alpha value is -1.62. The second-order valence-electron chi connectivity index (χ2n) is 6.33. The molecule has 0 saturated carbocycles. The molecule has 1 aromatic rings. The highest BCUT2D eigenvalue weighted by atomic mass is 35.5. The molecule has 1 fully saturated rings. The number of carbonyl (C=O) groups excluding carboxylic acids is 2. The molecule has 2 heterocycles. The van der Waals surface area contributed by atoms with Gasteiger partial charge in [-0.1, -0.05) is 32.4 Å². The Morgan fingerprint density at radius 2 is 2.14 bits per heavy atom. The van der Waals surface area contributed by atoms with E-state index in [-0.39, 0.29) is 23.3 Å². The Labute approximate surface area is 129 Å². The second-order valence-corrected chi connectivity index (χ2v) is 6.71. The smallest absolute Gasteiger partial charge is 0.251 e. The molecule has 1 aliphatic heterocycles. The lowest BCUT2D eigenvalue weighted by atomic mass is 9.91. The van der Waals surface area contributed by atoms with Crippen molar-refractivity contribution in [2.24, 2.45) is 0 Å². The lowest BCUT2D eigenvalue weighted by Crippen LogP contribution is -2.47. The molecule has 1 atom stereocenters. The first-order chi connectivity index (χ1) is 9.75. The van der Waals surface area contributed by atoms with Crippen molar-refractivity contribution in [2.45, 2.75) is 45.1 Å². The van der Waals surface area contributed by atoms with Crippen LogP contribution in [0.2, 0.25) is 5.15 Å². The average molecular weight is 310 g/mol. The maximum atomic E-state index is 12.3. The van der Waals surface area contributed by atoms with Gasteiger partial charge >= 0.3 is 0 Å². The van der Waals surface area contributed by atoms with Crippen molar-refractivity contribution in [3.63, 3.8) is 0 Å². The van der Waals surface area contributed by atoms with E-state index in [9.17, 15) is 9.59 Å². The highest BCUT2D eigenvalue weighted by Crippen LogP contribution is 2.23. The fourth-order valence-electron chi connectivity index (χ4n) is 2.14. The van der Waals surface area contributed by atoms with Crippen LogP contribution in [0.25, 0.3) is 0 Å². The van der Waals surface area contributed by atoms with Crippen molar-refractivity contribution in [3.05, 3.63) is 28.5 Å². The number of hydrogen-bond acceptors (Lipinski definition) is 3. The van der Waals surface area contributed by atoms with Crippen LogP contribution in [0.15, 0.2) is 12.1 Å². The van der Waals surface area contributed by atoms with Crippen LogP contribution >= 0.6 is 11.6 Å². The molecule has 1 unspecified atom stereocenters. The van der Waals surface area contributed by atoms with Gasteiger partial charge in [0, 0.05) is 35.7 Å². The van der Waals surface area contributed by atoms with Crippen LogP contribution in [-0.2, 0) is 10.2 Å². The van der Waals surface area contributed by atoms with Crippen molar-refractivity contribution < 1.29 is 9.59 Å². The molecule has 2 N–H and O–H groups in total. The minimum absolute atomic E-state index is 0.0301. The van der Waals surface area contributed by atoms with Crippen LogP contribution in [0.3, 0.4) is 0 Å². The average Bonchev–Trinajstić information content (AvgIpc) is 2.39. The first-order valence-electron chi connectivity index (χ1n) is 7.01. The zero-order valence-corrected chi connectivity index (χ0v) is 13.3. The summed E-state index contributed by atoms with van der Waals surface area (Å²) in [6, 6.07) is 3.29. The van der Waals surface area contributed by atoms with E-state index in [2.05, 4.69) is 15.6 Å². The molecule has 1 saturated heterocycles. The van der Waals surface area contributed by atoms with Crippen LogP contribution < -0.4 is 10.6 Å². The van der Waals surface area contributed by atoms with Gasteiger partial charge in [0.15, 0.2) is 0 Å². The molecule has 21 heavy (non-hydrogen) atoms. The Kier molecular flexibility index (Phi) is 4.52. The van der Waals surface area contributed by atoms with Crippen molar-refractivity contribution >= 4 is 23.4 Å². The molecule has 0 aliphatic carbocycles. The molecular weight excluding hydrogens is 290 g/mol. The normalized spacial score (nSPS) is 19.0. The van der Waals surface area contributed by atoms with Crippen LogP contribution in [0.5, 0.6) is 0 Å². The van der Waals surface area contributed by atoms with Gasteiger partial charge in [0.1, 0.15) is 5.15 Å². The van der Waals surface area contributed by atoms with E-state index in [1.54, 1.807) is 12.1 Å². The van der Waals surface area contributed by atoms with Gasteiger partial charge in [0.25, 0.3) is 5.91 Å². The van der Waals surface area contributed by atoms with Crippen molar-refractivity contribution in [1.82, 2.24) is 15.6 Å². The summed E-state index contributed by atoms with van der Waals surface area (Å²) >= 11 is 6.01. The predicted molar refractivity (Wildman–Crippen MR) is 81.4 cm³/mol. The Bertz CT molecular complexity index is 557. The number of hydrogen-bond donors (Lipinski definition) is 2. The molecule has 2 rings (SSSR count). The van der Waals surface area contributed by atoms with E-state index in [4.69, 9.17) is 11.6 Å². The van der Waals surface area contributed by atoms with E-state index < -0.39 is 0 Å².